The molecule has 1 aliphatic heterocycles. The van der Waals surface area contributed by atoms with Gasteiger partial charge in [-0.3, -0.25) is 4.79 Å². The largest absolute Gasteiger partial charge is 0.461 e. The monoisotopic (exact) mass is 572 g/mol. The fourth-order valence-corrected chi connectivity index (χ4v) is 11.1. The molecule has 224 valence electrons. The van der Waals surface area contributed by atoms with E-state index >= 15 is 0 Å². The molecule has 1 spiro atoms. The normalized spacial score (nSPS) is 50.4. The molecule has 1 saturated heterocycles. The van der Waals surface area contributed by atoms with Gasteiger partial charge in [-0.05, 0) is 37.3 Å². The Balaban J connectivity index is 1.40. The van der Waals surface area contributed by atoms with E-state index in [2.05, 4.69) is 5.32 Å². The van der Waals surface area contributed by atoms with Crippen LogP contribution in [0.25, 0.3) is 0 Å². The standard InChI is InChI=1S/C30H40N2O9/c1-37-18-12-28(35)20-16(11-15(18)21(20)39-3)29-19(38-2)9-10-27(13-41-24(33)14-7-5-6-8-17(14)31)22(29)23(40-4)30(28,36)25(29)32-26(27)34/h5-8,15-16,18-23,25,35-36H,9-13,31H2,1-4H3,(H,32,34). The van der Waals surface area contributed by atoms with E-state index < -0.39 is 52.0 Å². The number of amides is 1. The number of para-hydroxylation sites is 1. The quantitative estimate of drug-likeness (QED) is 0.268. The number of carbonyl (C=O) groups excluding carboxylic acids is 2. The number of ether oxygens (including phenoxy) is 5. The summed E-state index contributed by atoms with van der Waals surface area (Å²) in [6.07, 6.45) is -0.247. The number of fused-ring (bicyclic) bond motifs is 2. The first-order valence-corrected chi connectivity index (χ1v) is 14.5. The zero-order valence-corrected chi connectivity index (χ0v) is 23.9. The van der Waals surface area contributed by atoms with E-state index in [4.69, 9.17) is 29.4 Å². The average Bonchev–Trinajstić information content (AvgIpc) is 3.38. The van der Waals surface area contributed by atoms with Crippen LogP contribution < -0.4 is 11.1 Å². The Morgan fingerprint density at radius 1 is 1.10 bits per heavy atom. The molecule has 41 heavy (non-hydrogen) atoms. The van der Waals surface area contributed by atoms with Crippen LogP contribution in [0, 0.1) is 34.5 Å². The molecule has 13 unspecified atom stereocenters. The molecule has 1 amide bonds. The maximum absolute atomic E-state index is 14.2. The number of hydrogen-bond acceptors (Lipinski definition) is 10. The molecule has 5 N–H and O–H groups in total. The summed E-state index contributed by atoms with van der Waals surface area (Å²) >= 11 is 0. The molecule has 0 radical (unpaired) electrons. The van der Waals surface area contributed by atoms with Crippen LogP contribution in [-0.2, 0) is 28.5 Å². The van der Waals surface area contributed by atoms with Crippen LogP contribution in [0.3, 0.4) is 0 Å². The molecule has 1 heterocycles. The summed E-state index contributed by atoms with van der Waals surface area (Å²) in [7, 11) is 6.43. The molecule has 13 atom stereocenters. The van der Waals surface area contributed by atoms with Crippen LogP contribution in [-0.4, -0.2) is 98.8 Å². The summed E-state index contributed by atoms with van der Waals surface area (Å²) in [6, 6.07) is 5.81. The Morgan fingerprint density at radius 2 is 1.85 bits per heavy atom. The predicted octanol–water partition coefficient (Wildman–Crippen LogP) is 0.512. The second-order valence-electron chi connectivity index (χ2n) is 13.1. The molecule has 1 aromatic rings. The lowest BCUT2D eigenvalue weighted by Crippen LogP contribution is -2.82. The zero-order chi connectivity index (χ0) is 29.1. The van der Waals surface area contributed by atoms with Crippen molar-refractivity contribution in [3.63, 3.8) is 0 Å². The number of nitrogen functional groups attached to an aromatic ring is 1. The maximum atomic E-state index is 14.2. The molecular formula is C30H40N2O9. The van der Waals surface area contributed by atoms with Crippen molar-refractivity contribution in [2.24, 2.45) is 34.5 Å². The van der Waals surface area contributed by atoms with Crippen molar-refractivity contribution in [3.8, 4) is 0 Å². The second kappa shape index (κ2) is 8.87. The highest BCUT2D eigenvalue weighted by Gasteiger charge is 2.92. The Bertz CT molecular complexity index is 1280. The van der Waals surface area contributed by atoms with Gasteiger partial charge in [-0.15, -0.1) is 0 Å². The van der Waals surface area contributed by atoms with E-state index in [0.29, 0.717) is 19.3 Å². The molecule has 5 aliphatic carbocycles. The van der Waals surface area contributed by atoms with Gasteiger partial charge in [0.2, 0.25) is 5.91 Å². The van der Waals surface area contributed by atoms with Gasteiger partial charge < -0.3 is 44.9 Å². The van der Waals surface area contributed by atoms with Crippen LogP contribution in [0.15, 0.2) is 24.3 Å². The third kappa shape index (κ3) is 2.90. The number of piperidine rings is 1. The van der Waals surface area contributed by atoms with Crippen molar-refractivity contribution in [1.29, 1.82) is 0 Å². The van der Waals surface area contributed by atoms with Gasteiger partial charge in [-0.25, -0.2) is 4.79 Å². The van der Waals surface area contributed by atoms with Crippen molar-refractivity contribution in [3.05, 3.63) is 29.8 Å². The highest BCUT2D eigenvalue weighted by Crippen LogP contribution is 2.79. The number of anilines is 1. The molecule has 6 fully saturated rings. The maximum Gasteiger partial charge on any atom is 0.340 e. The number of aliphatic hydroxyl groups is 2. The number of esters is 1. The number of rotatable bonds is 7. The van der Waals surface area contributed by atoms with Crippen LogP contribution in [0.4, 0.5) is 5.69 Å². The molecule has 6 aliphatic rings. The summed E-state index contributed by atoms with van der Waals surface area (Å²) < 4.78 is 30.2. The minimum Gasteiger partial charge on any atom is -0.461 e. The van der Waals surface area contributed by atoms with Gasteiger partial charge in [-0.1, -0.05) is 12.1 Å². The van der Waals surface area contributed by atoms with Crippen LogP contribution in [0.2, 0.25) is 0 Å². The third-order valence-electron chi connectivity index (χ3n) is 12.3. The lowest BCUT2D eigenvalue weighted by molar-refractivity contribution is -0.299. The molecule has 7 rings (SSSR count). The number of benzene rings is 1. The summed E-state index contributed by atoms with van der Waals surface area (Å²) in [5, 5.41) is 28.9. The van der Waals surface area contributed by atoms with Crippen LogP contribution in [0.5, 0.6) is 0 Å². The molecule has 5 saturated carbocycles. The molecule has 11 heteroatoms. The van der Waals surface area contributed by atoms with Gasteiger partial charge in [0.15, 0.2) is 0 Å². The first-order chi connectivity index (χ1) is 19.6. The lowest BCUT2D eigenvalue weighted by Gasteiger charge is -2.67. The number of hydrogen-bond donors (Lipinski definition) is 4. The van der Waals surface area contributed by atoms with Gasteiger partial charge in [0.25, 0.3) is 0 Å². The Morgan fingerprint density at radius 3 is 2.51 bits per heavy atom. The molecule has 1 aromatic carbocycles. The highest BCUT2D eigenvalue weighted by atomic mass is 16.5. The fraction of sp³-hybridized carbons (Fsp3) is 0.733. The number of carbonyl (C=O) groups is 2. The lowest BCUT2D eigenvalue weighted by atomic mass is 9.43. The van der Waals surface area contributed by atoms with E-state index in [1.54, 1.807) is 45.6 Å². The van der Waals surface area contributed by atoms with E-state index in [9.17, 15) is 19.8 Å². The molecule has 0 aromatic heterocycles. The minimum atomic E-state index is -1.87. The summed E-state index contributed by atoms with van der Waals surface area (Å²) in [4.78, 5) is 27.4. The Kier molecular flexibility index (Phi) is 5.96. The van der Waals surface area contributed by atoms with E-state index in [0.717, 1.165) is 0 Å². The van der Waals surface area contributed by atoms with E-state index in [1.807, 2.05) is 0 Å². The van der Waals surface area contributed by atoms with Crippen molar-refractivity contribution >= 4 is 17.6 Å². The van der Waals surface area contributed by atoms with Gasteiger partial charge in [0, 0.05) is 63.7 Å². The molecule has 11 nitrogen and oxygen atoms in total. The summed E-state index contributed by atoms with van der Waals surface area (Å²) in [6.45, 7) is -0.217. The summed E-state index contributed by atoms with van der Waals surface area (Å²) in [5.41, 5.74) is 0.985. The molecular weight excluding hydrogens is 532 g/mol. The highest BCUT2D eigenvalue weighted by molar-refractivity contribution is 5.95. The van der Waals surface area contributed by atoms with Crippen molar-refractivity contribution < 1.29 is 43.5 Å². The van der Waals surface area contributed by atoms with E-state index in [-0.39, 0.29) is 60.3 Å². The van der Waals surface area contributed by atoms with Crippen molar-refractivity contribution in [2.75, 3.05) is 40.8 Å². The van der Waals surface area contributed by atoms with Gasteiger partial charge in [0.1, 0.15) is 17.8 Å². The minimum absolute atomic E-state index is 0.00254. The first kappa shape index (κ1) is 27.5. The number of methoxy groups -OCH3 is 4. The zero-order valence-electron chi connectivity index (χ0n) is 23.9. The second-order valence-corrected chi connectivity index (χ2v) is 13.1. The van der Waals surface area contributed by atoms with Crippen molar-refractivity contribution in [2.45, 2.75) is 67.3 Å². The smallest absolute Gasteiger partial charge is 0.340 e. The fourth-order valence-electron chi connectivity index (χ4n) is 11.1. The van der Waals surface area contributed by atoms with E-state index in [1.165, 1.54) is 7.11 Å². The number of nitrogens with one attached hydrogen (secondary N) is 1. The topological polar surface area (TPSA) is 159 Å². The molecule has 7 bridgehead atoms. The van der Waals surface area contributed by atoms with Crippen LogP contribution >= 0.6 is 0 Å². The Hall–Kier alpha value is -2.28. The first-order valence-electron chi connectivity index (χ1n) is 14.5. The van der Waals surface area contributed by atoms with Crippen LogP contribution in [0.1, 0.15) is 36.0 Å². The third-order valence-corrected chi connectivity index (χ3v) is 12.3. The summed E-state index contributed by atoms with van der Waals surface area (Å²) in [5.74, 6) is -2.14. The van der Waals surface area contributed by atoms with Gasteiger partial charge >= 0.3 is 5.97 Å². The Labute approximate surface area is 239 Å². The predicted molar refractivity (Wildman–Crippen MR) is 143 cm³/mol. The SMILES string of the molecule is COC1CC2(O)C3C(OC)C1CC3C13C(OC)CCC4(COC(=O)c5ccccc5N)C(=O)NC1C2(O)C(OC)C43. The van der Waals surface area contributed by atoms with Gasteiger partial charge in [-0.2, -0.15) is 0 Å². The van der Waals surface area contributed by atoms with Gasteiger partial charge in [0.05, 0.1) is 41.4 Å². The van der Waals surface area contributed by atoms with Crippen molar-refractivity contribution in [1.82, 2.24) is 5.32 Å². The number of nitrogens with two attached hydrogens (primary N) is 1. The average molecular weight is 573 g/mol.